The maximum atomic E-state index is 12.3. The Hall–Kier alpha value is -2.59. The van der Waals surface area contributed by atoms with Crippen LogP contribution in [-0.2, 0) is 9.53 Å². The van der Waals surface area contributed by atoms with E-state index in [9.17, 15) is 9.59 Å². The molecule has 0 saturated heterocycles. The average molecular weight is 420 g/mol. The Balaban J connectivity index is 1.70. The summed E-state index contributed by atoms with van der Waals surface area (Å²) in [5.74, 6) is -0.0532. The number of benzene rings is 1. The lowest BCUT2D eigenvalue weighted by Gasteiger charge is -2.26. The van der Waals surface area contributed by atoms with E-state index in [2.05, 4.69) is 26.1 Å². The van der Waals surface area contributed by atoms with E-state index < -0.39 is 12.0 Å². The molecule has 1 aliphatic heterocycles. The predicted octanol–water partition coefficient (Wildman–Crippen LogP) is 3.20. The lowest BCUT2D eigenvalue weighted by Crippen LogP contribution is -2.49. The van der Waals surface area contributed by atoms with E-state index in [-0.39, 0.29) is 12.6 Å². The molecule has 1 atom stereocenters. The molecule has 0 fully saturated rings. The van der Waals surface area contributed by atoms with E-state index >= 15 is 0 Å². The van der Waals surface area contributed by atoms with Crippen molar-refractivity contribution in [3.8, 4) is 0 Å². The van der Waals surface area contributed by atoms with Crippen LogP contribution in [0.25, 0.3) is 0 Å². The summed E-state index contributed by atoms with van der Waals surface area (Å²) < 4.78 is 5.85. The Morgan fingerprint density at radius 1 is 1.36 bits per heavy atom. The number of anilines is 2. The van der Waals surface area contributed by atoms with Crippen LogP contribution in [0.3, 0.4) is 0 Å². The standard InChI is InChI=1S/C18H21N5O3S2/c1-4-26-15(24)14-11(3)19-16(25)20-13(14)9-27-18-23-22-17(28-18)21-12-8-6-5-7-10(12)2/h5-8,11H,4,9H2,1-3H3,(H,21,22)(H2,19,20,25)/t11-/m1/s1. The summed E-state index contributed by atoms with van der Waals surface area (Å²) in [6.45, 7) is 5.79. The molecule has 8 nitrogen and oxygen atoms in total. The molecule has 1 aliphatic rings. The number of nitrogens with zero attached hydrogens (tertiary/aromatic N) is 2. The van der Waals surface area contributed by atoms with Crippen molar-refractivity contribution in [2.75, 3.05) is 17.7 Å². The van der Waals surface area contributed by atoms with Gasteiger partial charge in [-0.15, -0.1) is 10.2 Å². The first-order valence-corrected chi connectivity index (χ1v) is 10.5. The zero-order chi connectivity index (χ0) is 20.1. The number of urea groups is 1. The van der Waals surface area contributed by atoms with Gasteiger partial charge in [-0.2, -0.15) is 0 Å². The minimum Gasteiger partial charge on any atom is -0.463 e. The molecule has 0 spiro atoms. The molecule has 0 radical (unpaired) electrons. The molecule has 0 unspecified atom stereocenters. The molecule has 148 valence electrons. The topological polar surface area (TPSA) is 105 Å². The van der Waals surface area contributed by atoms with Crippen LogP contribution < -0.4 is 16.0 Å². The number of ether oxygens (including phenoxy) is 1. The number of aromatic nitrogens is 2. The first kappa shape index (κ1) is 20.2. The second-order valence-electron chi connectivity index (χ2n) is 6.03. The van der Waals surface area contributed by atoms with Crippen molar-refractivity contribution in [2.45, 2.75) is 31.2 Å². The Bertz CT molecular complexity index is 912. The first-order chi connectivity index (χ1) is 13.5. The molecule has 10 heteroatoms. The number of carbonyl (C=O) groups excluding carboxylic acids is 2. The highest BCUT2D eigenvalue weighted by Gasteiger charge is 2.29. The van der Waals surface area contributed by atoms with Gasteiger partial charge < -0.3 is 20.7 Å². The maximum Gasteiger partial charge on any atom is 0.337 e. The molecular formula is C18H21N5O3S2. The summed E-state index contributed by atoms with van der Waals surface area (Å²) in [7, 11) is 0. The van der Waals surface area contributed by atoms with Crippen LogP contribution in [0.2, 0.25) is 0 Å². The molecule has 1 aromatic heterocycles. The SMILES string of the molecule is CCOC(=O)C1=C(CSc2nnc(Nc3ccccc3C)s2)NC(=O)N[C@@H]1C. The first-order valence-electron chi connectivity index (χ1n) is 8.74. The largest absolute Gasteiger partial charge is 0.463 e. The van der Waals surface area contributed by atoms with Crippen molar-refractivity contribution >= 4 is 45.9 Å². The van der Waals surface area contributed by atoms with Gasteiger partial charge in [0.15, 0.2) is 4.34 Å². The number of aryl methyl sites for hydroxylation is 1. The Kier molecular flexibility index (Phi) is 6.53. The van der Waals surface area contributed by atoms with Crippen LogP contribution in [0, 0.1) is 6.92 Å². The zero-order valence-electron chi connectivity index (χ0n) is 15.7. The highest BCUT2D eigenvalue weighted by molar-refractivity contribution is 8.01. The summed E-state index contributed by atoms with van der Waals surface area (Å²) in [5.41, 5.74) is 3.05. The third-order valence-electron chi connectivity index (χ3n) is 4.00. The van der Waals surface area contributed by atoms with Crippen molar-refractivity contribution < 1.29 is 14.3 Å². The molecular weight excluding hydrogens is 398 g/mol. The lowest BCUT2D eigenvalue weighted by atomic mass is 10.1. The van der Waals surface area contributed by atoms with Crippen molar-refractivity contribution in [2.24, 2.45) is 0 Å². The monoisotopic (exact) mass is 419 g/mol. The van der Waals surface area contributed by atoms with E-state index in [1.165, 1.54) is 23.1 Å². The smallest absolute Gasteiger partial charge is 0.337 e. The Morgan fingerprint density at radius 2 is 2.14 bits per heavy atom. The quantitative estimate of drug-likeness (QED) is 0.467. The lowest BCUT2D eigenvalue weighted by molar-refractivity contribution is -0.138. The number of thioether (sulfide) groups is 1. The van der Waals surface area contributed by atoms with Gasteiger partial charge in [0.25, 0.3) is 0 Å². The molecule has 1 aromatic carbocycles. The highest BCUT2D eigenvalue weighted by Crippen LogP contribution is 2.30. The second-order valence-corrected chi connectivity index (χ2v) is 8.23. The van der Waals surface area contributed by atoms with Crippen LogP contribution in [0.4, 0.5) is 15.6 Å². The molecule has 2 aromatic rings. The van der Waals surface area contributed by atoms with Gasteiger partial charge in [0.05, 0.1) is 18.2 Å². The molecule has 3 rings (SSSR count). The molecule has 0 aliphatic carbocycles. The van der Waals surface area contributed by atoms with Gasteiger partial charge >= 0.3 is 12.0 Å². The van der Waals surface area contributed by atoms with Gasteiger partial charge in [-0.25, -0.2) is 9.59 Å². The third-order valence-corrected chi connectivity index (χ3v) is 6.00. The van der Waals surface area contributed by atoms with E-state index in [1.54, 1.807) is 13.8 Å². The fourth-order valence-electron chi connectivity index (χ4n) is 2.67. The van der Waals surface area contributed by atoms with Crippen LogP contribution in [0.5, 0.6) is 0 Å². The summed E-state index contributed by atoms with van der Waals surface area (Å²) >= 11 is 2.81. The fourth-order valence-corrected chi connectivity index (χ4v) is 4.41. The molecule has 0 saturated carbocycles. The van der Waals surface area contributed by atoms with Gasteiger partial charge in [-0.1, -0.05) is 41.3 Å². The van der Waals surface area contributed by atoms with E-state index in [4.69, 9.17) is 4.74 Å². The van der Waals surface area contributed by atoms with Crippen molar-refractivity contribution in [1.82, 2.24) is 20.8 Å². The average Bonchev–Trinajstić information content (AvgIpc) is 3.09. The molecule has 28 heavy (non-hydrogen) atoms. The number of hydrogen-bond acceptors (Lipinski definition) is 8. The van der Waals surface area contributed by atoms with E-state index in [1.807, 2.05) is 31.2 Å². The van der Waals surface area contributed by atoms with Gasteiger partial charge in [-0.05, 0) is 32.4 Å². The van der Waals surface area contributed by atoms with Gasteiger partial charge in [0.1, 0.15) is 0 Å². The normalized spacial score (nSPS) is 16.4. The summed E-state index contributed by atoms with van der Waals surface area (Å²) in [6, 6.07) is 7.17. The second kappa shape index (κ2) is 9.07. The van der Waals surface area contributed by atoms with Crippen LogP contribution in [0.15, 0.2) is 39.9 Å². The number of amides is 2. The van der Waals surface area contributed by atoms with Gasteiger partial charge in [0.2, 0.25) is 5.13 Å². The molecule has 2 heterocycles. The number of esters is 1. The van der Waals surface area contributed by atoms with Crippen LogP contribution in [-0.4, -0.2) is 40.6 Å². The molecule has 2 amide bonds. The molecule has 3 N–H and O–H groups in total. The number of para-hydroxylation sites is 1. The van der Waals surface area contributed by atoms with Gasteiger partial charge in [-0.3, -0.25) is 0 Å². The van der Waals surface area contributed by atoms with E-state index in [0.717, 1.165) is 15.6 Å². The molecule has 0 bridgehead atoms. The minimum atomic E-state index is -0.433. The van der Waals surface area contributed by atoms with Crippen LogP contribution >= 0.6 is 23.1 Å². The predicted molar refractivity (Wildman–Crippen MR) is 110 cm³/mol. The summed E-state index contributed by atoms with van der Waals surface area (Å²) in [5, 5.41) is 17.7. The minimum absolute atomic E-state index is 0.272. The third kappa shape index (κ3) is 4.82. The van der Waals surface area contributed by atoms with Crippen molar-refractivity contribution in [1.29, 1.82) is 0 Å². The summed E-state index contributed by atoms with van der Waals surface area (Å²) in [4.78, 5) is 24.1. The highest BCUT2D eigenvalue weighted by atomic mass is 32.2. The number of hydrogen-bond donors (Lipinski definition) is 3. The van der Waals surface area contributed by atoms with E-state index in [0.29, 0.717) is 22.2 Å². The number of nitrogens with one attached hydrogen (secondary N) is 3. The fraction of sp³-hybridized carbons (Fsp3) is 0.333. The summed E-state index contributed by atoms with van der Waals surface area (Å²) in [6.07, 6.45) is 0. The zero-order valence-corrected chi connectivity index (χ0v) is 17.4. The Morgan fingerprint density at radius 3 is 2.89 bits per heavy atom. The van der Waals surface area contributed by atoms with Gasteiger partial charge in [0, 0.05) is 17.1 Å². The van der Waals surface area contributed by atoms with Crippen molar-refractivity contribution in [3.05, 3.63) is 41.1 Å². The Labute approximate surface area is 171 Å². The maximum absolute atomic E-state index is 12.3. The van der Waals surface area contributed by atoms with Crippen molar-refractivity contribution in [3.63, 3.8) is 0 Å². The van der Waals surface area contributed by atoms with Crippen LogP contribution in [0.1, 0.15) is 19.4 Å². The number of rotatable bonds is 7. The number of carbonyl (C=O) groups is 2.